The number of aryl methyl sites for hydroxylation is 2. The molecule has 0 aliphatic carbocycles. The van der Waals surface area contributed by atoms with E-state index in [0.717, 1.165) is 27.9 Å². The summed E-state index contributed by atoms with van der Waals surface area (Å²) in [5, 5.41) is 40.5. The molecule has 6 rings (SSSR count). The zero-order valence-corrected chi connectivity index (χ0v) is 31.3. The number of aromatic nitrogens is 6. The standard InChI is InChI=1S/C38H39N7O12/c1-5-8-31-39-33(38(3,4)49)32(35(46)52-21-30-23(2)55-37(48)57-30)43(31)19-24-11-15-26(16-12-24)28-9-6-7-10-29(28)34-40-42-44(41-34)22-53-36(47)56-27-17-13-25(14-18-27)20-54-45(50)51/h6-7,9-18,49-51H,5,8,19-22H2,1-4H3. The van der Waals surface area contributed by atoms with Crippen molar-refractivity contribution in [3.05, 3.63) is 123 Å². The number of carbonyl (C=O) groups is 2. The van der Waals surface area contributed by atoms with E-state index in [1.165, 1.54) is 19.1 Å². The first-order chi connectivity index (χ1) is 27.3. The highest BCUT2D eigenvalue weighted by atomic mass is 17.1. The molecule has 0 fully saturated rings. The molecule has 6 aromatic rings. The van der Waals surface area contributed by atoms with E-state index in [4.69, 9.17) is 33.5 Å². The summed E-state index contributed by atoms with van der Waals surface area (Å²) in [6, 6.07) is 21.2. The van der Waals surface area contributed by atoms with Crippen molar-refractivity contribution >= 4 is 12.1 Å². The Bertz CT molecular complexity index is 2370. The number of esters is 1. The highest BCUT2D eigenvalue weighted by molar-refractivity contribution is 5.89. The van der Waals surface area contributed by atoms with Gasteiger partial charge in [-0.1, -0.05) is 67.6 Å². The molecule has 19 nitrogen and oxygen atoms in total. The van der Waals surface area contributed by atoms with E-state index in [0.29, 0.717) is 23.4 Å². The van der Waals surface area contributed by atoms with E-state index in [1.54, 1.807) is 30.5 Å². The molecule has 0 saturated heterocycles. The third-order valence-corrected chi connectivity index (χ3v) is 8.46. The van der Waals surface area contributed by atoms with Crippen molar-refractivity contribution in [3.8, 4) is 28.3 Å². The number of tetrazole rings is 1. The molecule has 3 aromatic heterocycles. The largest absolute Gasteiger partial charge is 0.519 e. The van der Waals surface area contributed by atoms with Gasteiger partial charge in [0.15, 0.2) is 23.8 Å². The molecule has 0 aliphatic rings. The van der Waals surface area contributed by atoms with Crippen molar-refractivity contribution in [2.24, 2.45) is 0 Å². The summed E-state index contributed by atoms with van der Waals surface area (Å²) in [7, 11) is 0. The first kappa shape index (κ1) is 40.2. The number of imidazole rings is 1. The second-order valence-corrected chi connectivity index (χ2v) is 13.2. The average Bonchev–Trinajstić information content (AvgIpc) is 3.89. The predicted octanol–water partition coefficient (Wildman–Crippen LogP) is 5.33. The fraction of sp³-hybridized carbons (Fsp3) is 0.289. The molecule has 0 aliphatic heterocycles. The Labute approximate surface area is 324 Å². The van der Waals surface area contributed by atoms with Crippen LogP contribution < -0.4 is 10.6 Å². The minimum absolute atomic E-state index is 0.0778. The van der Waals surface area contributed by atoms with Crippen molar-refractivity contribution in [1.29, 1.82) is 0 Å². The zero-order chi connectivity index (χ0) is 40.7. The van der Waals surface area contributed by atoms with Crippen molar-refractivity contribution in [3.63, 3.8) is 0 Å². The molecule has 0 saturated carbocycles. The molecule has 3 aromatic carbocycles. The maximum atomic E-state index is 13.6. The lowest BCUT2D eigenvalue weighted by Gasteiger charge is -2.17. The maximum Gasteiger partial charge on any atom is 0.519 e. The molecule has 19 heteroatoms. The highest BCUT2D eigenvalue weighted by Gasteiger charge is 2.33. The molecule has 0 unspecified atom stereocenters. The third-order valence-electron chi connectivity index (χ3n) is 8.46. The molecule has 0 amide bonds. The number of carbonyl (C=O) groups excluding carboxylic acids is 2. The van der Waals surface area contributed by atoms with Gasteiger partial charge in [-0.25, -0.2) is 24.2 Å². The van der Waals surface area contributed by atoms with Crippen LogP contribution in [0.15, 0.2) is 86.4 Å². The summed E-state index contributed by atoms with van der Waals surface area (Å²) in [6.45, 7) is 5.98. The summed E-state index contributed by atoms with van der Waals surface area (Å²) in [6.07, 6.45) is 0.248. The van der Waals surface area contributed by atoms with Crippen LogP contribution in [0.1, 0.15) is 71.8 Å². The number of benzene rings is 3. The van der Waals surface area contributed by atoms with E-state index >= 15 is 0 Å². The number of nitrogens with zero attached hydrogens (tertiary/aromatic N) is 7. The second kappa shape index (κ2) is 17.5. The number of rotatable bonds is 16. The molecule has 57 heavy (non-hydrogen) atoms. The van der Waals surface area contributed by atoms with Crippen LogP contribution in [0.25, 0.3) is 22.5 Å². The Morgan fingerprint density at radius 2 is 1.61 bits per heavy atom. The quantitative estimate of drug-likeness (QED) is 0.0638. The van der Waals surface area contributed by atoms with Crippen LogP contribution in [-0.2, 0) is 52.8 Å². The van der Waals surface area contributed by atoms with Crippen LogP contribution in [0.3, 0.4) is 0 Å². The van der Waals surface area contributed by atoms with Gasteiger partial charge in [0.1, 0.15) is 22.9 Å². The van der Waals surface area contributed by atoms with Gasteiger partial charge in [-0.3, -0.25) is 10.4 Å². The van der Waals surface area contributed by atoms with E-state index in [2.05, 4.69) is 25.2 Å². The normalized spacial score (nSPS) is 11.6. The highest BCUT2D eigenvalue weighted by Crippen LogP contribution is 2.31. The van der Waals surface area contributed by atoms with Crippen LogP contribution >= 0.6 is 0 Å². The third kappa shape index (κ3) is 10.0. The fourth-order valence-corrected chi connectivity index (χ4v) is 5.75. The lowest BCUT2D eigenvalue weighted by atomic mass is 9.98. The van der Waals surface area contributed by atoms with Crippen LogP contribution in [0, 0.1) is 6.92 Å². The van der Waals surface area contributed by atoms with Crippen LogP contribution in [0.2, 0.25) is 0 Å². The molecule has 3 heterocycles. The number of hydrogen-bond acceptors (Lipinski definition) is 17. The molecule has 298 valence electrons. The van der Waals surface area contributed by atoms with Gasteiger partial charge in [0.05, 0.1) is 12.0 Å². The summed E-state index contributed by atoms with van der Waals surface area (Å²) >= 11 is 0. The fourth-order valence-electron chi connectivity index (χ4n) is 5.75. The number of hydrogen-bond donors (Lipinski definition) is 3. The van der Waals surface area contributed by atoms with Gasteiger partial charge < -0.3 is 32.7 Å². The van der Waals surface area contributed by atoms with Crippen LogP contribution in [-0.4, -0.2) is 62.8 Å². The molecular weight excluding hydrogens is 746 g/mol. The Hall–Kier alpha value is -6.51. The first-order valence-electron chi connectivity index (χ1n) is 17.6. The monoisotopic (exact) mass is 785 g/mol. The zero-order valence-electron chi connectivity index (χ0n) is 31.3. The van der Waals surface area contributed by atoms with Crippen molar-refractivity contribution in [2.75, 3.05) is 0 Å². The lowest BCUT2D eigenvalue weighted by molar-refractivity contribution is -0.497. The summed E-state index contributed by atoms with van der Waals surface area (Å²) in [5.41, 5.74) is 2.48. The smallest absolute Gasteiger partial charge is 0.453 e. The molecule has 3 N–H and O–H groups in total. The van der Waals surface area contributed by atoms with Gasteiger partial charge in [0, 0.05) is 18.5 Å². The number of aliphatic hydroxyl groups is 1. The second-order valence-electron chi connectivity index (χ2n) is 13.2. The lowest BCUT2D eigenvalue weighted by Crippen LogP contribution is -2.23. The molecular formula is C38H39N7O12. The van der Waals surface area contributed by atoms with Crippen LogP contribution in [0.4, 0.5) is 4.79 Å². The van der Waals surface area contributed by atoms with Gasteiger partial charge in [-0.2, -0.15) is 0 Å². The molecule has 0 spiro atoms. The van der Waals surface area contributed by atoms with E-state index < -0.39 is 28.9 Å². The van der Waals surface area contributed by atoms with Gasteiger partial charge in [0.2, 0.25) is 12.6 Å². The average molecular weight is 786 g/mol. The van der Waals surface area contributed by atoms with Crippen molar-refractivity contribution < 1.29 is 53.0 Å². The summed E-state index contributed by atoms with van der Waals surface area (Å²) in [4.78, 5) is 47.8. The molecule has 0 atom stereocenters. The van der Waals surface area contributed by atoms with E-state index in [9.17, 15) is 19.5 Å². The minimum Gasteiger partial charge on any atom is -0.453 e. The SMILES string of the molecule is CCCc1nc(C(C)(C)O)c(C(=O)OCc2oc(=O)oc2C)n1Cc1ccc(-c2ccccc2-c2nnn(COC(=O)Oc3ccc(CON(O)O)cc3)n2)cc1. The topological polar surface area (TPSA) is 240 Å². The molecule has 0 radical (unpaired) electrons. The van der Waals surface area contributed by atoms with Gasteiger partial charge >= 0.3 is 17.9 Å². The number of ether oxygens (including phenoxy) is 3. The van der Waals surface area contributed by atoms with Gasteiger partial charge in [0.25, 0.3) is 0 Å². The maximum absolute atomic E-state index is 13.6. The minimum atomic E-state index is -1.48. The summed E-state index contributed by atoms with van der Waals surface area (Å²) < 4.78 is 27.4. The van der Waals surface area contributed by atoms with E-state index in [-0.39, 0.29) is 61.0 Å². The predicted molar refractivity (Wildman–Crippen MR) is 194 cm³/mol. The Kier molecular flexibility index (Phi) is 12.3. The Morgan fingerprint density at radius 1 is 0.912 bits per heavy atom. The first-order valence-corrected chi connectivity index (χ1v) is 17.6. The Balaban J connectivity index is 1.15. The van der Waals surface area contributed by atoms with Gasteiger partial charge in [-0.15, -0.1) is 15.0 Å². The van der Waals surface area contributed by atoms with Crippen molar-refractivity contribution in [2.45, 2.75) is 72.6 Å². The summed E-state index contributed by atoms with van der Waals surface area (Å²) in [5.74, 6) is -0.328. The molecule has 0 bridgehead atoms. The van der Waals surface area contributed by atoms with Crippen LogP contribution in [0.5, 0.6) is 5.75 Å². The van der Waals surface area contributed by atoms with Gasteiger partial charge in [-0.05, 0) is 66.8 Å². The van der Waals surface area contributed by atoms with Crippen molar-refractivity contribution in [1.82, 2.24) is 35.1 Å². The van der Waals surface area contributed by atoms with E-state index in [1.807, 2.05) is 55.5 Å². The Morgan fingerprint density at radius 3 is 2.26 bits per heavy atom.